The Morgan fingerprint density at radius 1 is 1.00 bits per heavy atom. The minimum absolute atomic E-state index is 0.886. The van der Waals surface area contributed by atoms with Gasteiger partial charge in [0.2, 0.25) is 0 Å². The lowest BCUT2D eigenvalue weighted by Gasteiger charge is -2.17. The van der Waals surface area contributed by atoms with E-state index in [9.17, 15) is 0 Å². The molecule has 4 nitrogen and oxygen atoms in total. The Labute approximate surface area is 162 Å². The molecule has 0 aliphatic rings. The fourth-order valence-electron chi connectivity index (χ4n) is 3.42. The highest BCUT2D eigenvalue weighted by Crippen LogP contribution is 2.23. The van der Waals surface area contributed by atoms with Crippen LogP contribution < -0.4 is 4.74 Å². The second kappa shape index (κ2) is 8.87. The summed E-state index contributed by atoms with van der Waals surface area (Å²) in [5.74, 6) is 0.886. The molecule has 3 aromatic rings. The predicted molar refractivity (Wildman–Crippen MR) is 111 cm³/mol. The van der Waals surface area contributed by atoms with Crippen molar-refractivity contribution in [2.24, 2.45) is 0 Å². The summed E-state index contributed by atoms with van der Waals surface area (Å²) >= 11 is 0. The van der Waals surface area contributed by atoms with Crippen LogP contribution >= 0.6 is 0 Å². The summed E-state index contributed by atoms with van der Waals surface area (Å²) in [5.41, 5.74) is 6.12. The Balaban J connectivity index is 1.56. The summed E-state index contributed by atoms with van der Waals surface area (Å²) < 4.78 is 7.35. The summed E-state index contributed by atoms with van der Waals surface area (Å²) in [7, 11) is 3.88. The second-order valence-corrected chi connectivity index (χ2v) is 7.17. The molecule has 0 saturated heterocycles. The lowest BCUT2D eigenvalue weighted by Crippen LogP contribution is -2.20. The van der Waals surface area contributed by atoms with Gasteiger partial charge in [-0.05, 0) is 74.8 Å². The van der Waals surface area contributed by atoms with E-state index in [1.54, 1.807) is 7.11 Å². The average Bonchev–Trinajstić information content (AvgIpc) is 2.99. The zero-order chi connectivity index (χ0) is 19.2. The number of aromatic nitrogens is 2. The van der Waals surface area contributed by atoms with Crippen LogP contribution in [0.5, 0.6) is 5.75 Å². The number of benzene rings is 2. The van der Waals surface area contributed by atoms with E-state index < -0.39 is 0 Å². The van der Waals surface area contributed by atoms with Crippen molar-refractivity contribution in [3.05, 3.63) is 71.5 Å². The first-order valence-corrected chi connectivity index (χ1v) is 9.48. The van der Waals surface area contributed by atoms with E-state index in [-0.39, 0.29) is 0 Å². The predicted octanol–water partition coefficient (Wildman–Crippen LogP) is 4.70. The topological polar surface area (TPSA) is 30.3 Å². The van der Waals surface area contributed by atoms with Crippen LogP contribution in [-0.4, -0.2) is 35.4 Å². The van der Waals surface area contributed by atoms with Crippen molar-refractivity contribution < 1.29 is 4.74 Å². The molecule has 27 heavy (non-hydrogen) atoms. The number of hydrogen-bond acceptors (Lipinski definition) is 3. The highest BCUT2D eigenvalue weighted by atomic mass is 16.5. The van der Waals surface area contributed by atoms with Crippen LogP contribution in [0.3, 0.4) is 0 Å². The molecule has 0 amide bonds. The van der Waals surface area contributed by atoms with Crippen LogP contribution in [0.1, 0.15) is 23.4 Å². The van der Waals surface area contributed by atoms with Crippen molar-refractivity contribution >= 4 is 0 Å². The minimum Gasteiger partial charge on any atom is -0.497 e. The van der Waals surface area contributed by atoms with Gasteiger partial charge in [0.25, 0.3) is 0 Å². The molecule has 0 N–H and O–H groups in total. The van der Waals surface area contributed by atoms with Crippen LogP contribution in [0.2, 0.25) is 0 Å². The Hall–Kier alpha value is -2.59. The maximum Gasteiger partial charge on any atom is 0.118 e. The Kier molecular flexibility index (Phi) is 6.30. The number of hydrogen-bond donors (Lipinski definition) is 0. The van der Waals surface area contributed by atoms with E-state index in [0.717, 1.165) is 37.5 Å². The molecule has 0 bridgehead atoms. The van der Waals surface area contributed by atoms with Crippen LogP contribution in [0.25, 0.3) is 11.1 Å². The normalized spacial score (nSPS) is 11.1. The fourth-order valence-corrected chi connectivity index (χ4v) is 3.42. The van der Waals surface area contributed by atoms with Gasteiger partial charge in [-0.15, -0.1) is 0 Å². The Morgan fingerprint density at radius 2 is 1.78 bits per heavy atom. The molecule has 0 aliphatic heterocycles. The molecule has 0 radical (unpaired) electrons. The maximum atomic E-state index is 5.25. The average molecular weight is 364 g/mol. The number of aryl methyl sites for hydroxylation is 3. The standard InChI is InChI=1S/C23H29N3O/c1-18-15-19(2)26(24-18)14-6-13-25(3)17-20-7-5-8-22(16-20)21-9-11-23(27-4)12-10-21/h5,7-12,15-16H,6,13-14,17H2,1-4H3. The minimum atomic E-state index is 0.886. The van der Waals surface area contributed by atoms with Crippen LogP contribution in [-0.2, 0) is 13.1 Å². The molecule has 0 fully saturated rings. The van der Waals surface area contributed by atoms with E-state index in [1.165, 1.54) is 22.4 Å². The number of methoxy groups -OCH3 is 1. The lowest BCUT2D eigenvalue weighted by molar-refractivity contribution is 0.311. The van der Waals surface area contributed by atoms with Crippen LogP contribution in [0, 0.1) is 13.8 Å². The first-order valence-electron chi connectivity index (χ1n) is 9.48. The largest absolute Gasteiger partial charge is 0.497 e. The van der Waals surface area contributed by atoms with Crippen molar-refractivity contribution in [3.8, 4) is 16.9 Å². The van der Waals surface area contributed by atoms with E-state index in [2.05, 4.69) is 71.1 Å². The molecule has 0 spiro atoms. The van der Waals surface area contributed by atoms with Crippen molar-refractivity contribution in [2.45, 2.75) is 33.4 Å². The first kappa shape index (κ1) is 19.2. The molecule has 3 rings (SSSR count). The highest BCUT2D eigenvalue weighted by Gasteiger charge is 2.05. The van der Waals surface area contributed by atoms with Gasteiger partial charge >= 0.3 is 0 Å². The Bertz CT molecular complexity index is 868. The fraction of sp³-hybridized carbons (Fsp3) is 0.348. The quantitative estimate of drug-likeness (QED) is 0.581. The van der Waals surface area contributed by atoms with E-state index in [0.29, 0.717) is 0 Å². The molecular formula is C23H29N3O. The zero-order valence-electron chi connectivity index (χ0n) is 16.8. The molecular weight excluding hydrogens is 334 g/mol. The van der Waals surface area contributed by atoms with Crippen molar-refractivity contribution in [1.29, 1.82) is 0 Å². The van der Waals surface area contributed by atoms with E-state index >= 15 is 0 Å². The van der Waals surface area contributed by atoms with Gasteiger partial charge in [-0.25, -0.2) is 0 Å². The molecule has 1 aromatic heterocycles. The van der Waals surface area contributed by atoms with Gasteiger partial charge in [0, 0.05) is 18.8 Å². The molecule has 0 atom stereocenters. The maximum absolute atomic E-state index is 5.25. The molecule has 0 unspecified atom stereocenters. The molecule has 2 aromatic carbocycles. The highest BCUT2D eigenvalue weighted by molar-refractivity contribution is 5.64. The van der Waals surface area contributed by atoms with Gasteiger partial charge in [-0.1, -0.05) is 30.3 Å². The molecule has 0 aliphatic carbocycles. The van der Waals surface area contributed by atoms with Gasteiger partial charge in [-0.2, -0.15) is 5.10 Å². The third kappa shape index (κ3) is 5.20. The molecule has 142 valence electrons. The molecule has 1 heterocycles. The lowest BCUT2D eigenvalue weighted by atomic mass is 10.0. The third-order valence-corrected chi connectivity index (χ3v) is 4.82. The number of rotatable bonds is 8. The molecule has 4 heteroatoms. The van der Waals surface area contributed by atoms with Crippen LogP contribution in [0.15, 0.2) is 54.6 Å². The van der Waals surface area contributed by atoms with Crippen molar-refractivity contribution in [1.82, 2.24) is 14.7 Å². The van der Waals surface area contributed by atoms with Gasteiger partial charge in [0.15, 0.2) is 0 Å². The number of ether oxygens (including phenoxy) is 1. The van der Waals surface area contributed by atoms with E-state index in [4.69, 9.17) is 4.74 Å². The van der Waals surface area contributed by atoms with Crippen molar-refractivity contribution in [3.63, 3.8) is 0 Å². The van der Waals surface area contributed by atoms with E-state index in [1.807, 2.05) is 19.1 Å². The summed E-state index contributed by atoms with van der Waals surface area (Å²) in [6.45, 7) is 7.13. The second-order valence-electron chi connectivity index (χ2n) is 7.17. The van der Waals surface area contributed by atoms with Gasteiger partial charge < -0.3 is 9.64 Å². The number of nitrogens with zero attached hydrogens (tertiary/aromatic N) is 3. The third-order valence-electron chi connectivity index (χ3n) is 4.82. The van der Waals surface area contributed by atoms with Gasteiger partial charge in [0.1, 0.15) is 5.75 Å². The zero-order valence-corrected chi connectivity index (χ0v) is 16.8. The monoisotopic (exact) mass is 363 g/mol. The van der Waals surface area contributed by atoms with Crippen LogP contribution in [0.4, 0.5) is 0 Å². The first-order chi connectivity index (χ1) is 13.0. The van der Waals surface area contributed by atoms with Gasteiger partial charge in [-0.3, -0.25) is 4.68 Å². The van der Waals surface area contributed by atoms with Gasteiger partial charge in [0.05, 0.1) is 12.8 Å². The summed E-state index contributed by atoms with van der Waals surface area (Å²) in [6, 6.07) is 19.1. The SMILES string of the molecule is COc1ccc(-c2cccc(CN(C)CCCn3nc(C)cc3C)c2)cc1. The summed E-state index contributed by atoms with van der Waals surface area (Å²) in [4.78, 5) is 2.37. The summed E-state index contributed by atoms with van der Waals surface area (Å²) in [6.07, 6.45) is 1.09. The molecule has 0 saturated carbocycles. The van der Waals surface area contributed by atoms with Crippen molar-refractivity contribution in [2.75, 3.05) is 20.7 Å². The Morgan fingerprint density at radius 3 is 2.44 bits per heavy atom. The smallest absolute Gasteiger partial charge is 0.118 e. The summed E-state index contributed by atoms with van der Waals surface area (Å²) in [5, 5.41) is 4.54.